The summed E-state index contributed by atoms with van der Waals surface area (Å²) in [6.07, 6.45) is 2.35. The van der Waals surface area contributed by atoms with E-state index >= 15 is 0 Å². The number of benzene rings is 2. The number of hydrogen-bond donors (Lipinski definition) is 2. The summed E-state index contributed by atoms with van der Waals surface area (Å²) in [7, 11) is 0. The van der Waals surface area contributed by atoms with Gasteiger partial charge in [-0.1, -0.05) is 18.2 Å². The molecule has 1 aliphatic rings. The van der Waals surface area contributed by atoms with Crippen molar-refractivity contribution in [3.63, 3.8) is 0 Å². The van der Waals surface area contributed by atoms with Crippen molar-refractivity contribution in [1.29, 1.82) is 0 Å². The standard InChI is InChI=1S/C17H16N4O/c18-17-13-6-7-21(9-15(13)19-10-20-17)16-3-1-2-11-4-5-12(22)8-14(11)16/h1-5,8,10,22H,6-7,9H2,(H2,18,19,20). The summed E-state index contributed by atoms with van der Waals surface area (Å²) in [5, 5.41) is 12.0. The molecule has 1 aromatic heterocycles. The molecule has 0 radical (unpaired) electrons. The Kier molecular flexibility index (Phi) is 2.85. The smallest absolute Gasteiger partial charge is 0.130 e. The van der Waals surface area contributed by atoms with Crippen molar-refractivity contribution in [3.05, 3.63) is 54.0 Å². The fourth-order valence-corrected chi connectivity index (χ4v) is 3.11. The predicted molar refractivity (Wildman–Crippen MR) is 86.8 cm³/mol. The molecule has 5 nitrogen and oxygen atoms in total. The van der Waals surface area contributed by atoms with E-state index in [1.165, 1.54) is 6.33 Å². The molecule has 0 saturated heterocycles. The van der Waals surface area contributed by atoms with Gasteiger partial charge in [-0.15, -0.1) is 0 Å². The summed E-state index contributed by atoms with van der Waals surface area (Å²) in [5.41, 5.74) is 9.08. The van der Waals surface area contributed by atoms with E-state index in [-0.39, 0.29) is 5.75 Å². The van der Waals surface area contributed by atoms with Crippen molar-refractivity contribution in [1.82, 2.24) is 9.97 Å². The number of nitrogens with two attached hydrogens (primary N) is 1. The van der Waals surface area contributed by atoms with Crippen molar-refractivity contribution < 1.29 is 5.11 Å². The molecular formula is C17H16N4O. The van der Waals surface area contributed by atoms with Crippen LogP contribution < -0.4 is 10.6 Å². The molecule has 2 aromatic carbocycles. The Labute approximate surface area is 128 Å². The molecule has 0 saturated carbocycles. The largest absolute Gasteiger partial charge is 0.508 e. The minimum Gasteiger partial charge on any atom is -0.508 e. The Balaban J connectivity index is 1.79. The highest BCUT2D eigenvalue weighted by molar-refractivity contribution is 5.95. The number of phenolic OH excluding ortho intramolecular Hbond substituents is 1. The third kappa shape index (κ3) is 2.02. The van der Waals surface area contributed by atoms with Crippen molar-refractivity contribution >= 4 is 22.3 Å². The molecule has 3 aromatic rings. The van der Waals surface area contributed by atoms with Gasteiger partial charge in [-0.25, -0.2) is 9.97 Å². The van der Waals surface area contributed by atoms with Gasteiger partial charge in [0.15, 0.2) is 0 Å². The Hall–Kier alpha value is -2.82. The second-order valence-corrected chi connectivity index (χ2v) is 5.54. The zero-order valence-electron chi connectivity index (χ0n) is 12.0. The first-order valence-corrected chi connectivity index (χ1v) is 7.27. The number of anilines is 2. The second kappa shape index (κ2) is 4.87. The topological polar surface area (TPSA) is 75.3 Å². The number of aromatic nitrogens is 2. The first kappa shape index (κ1) is 12.9. The van der Waals surface area contributed by atoms with Crippen molar-refractivity contribution in [2.24, 2.45) is 0 Å². The number of phenols is 1. The average molecular weight is 292 g/mol. The summed E-state index contributed by atoms with van der Waals surface area (Å²) >= 11 is 0. The predicted octanol–water partition coefficient (Wildman–Crippen LogP) is 2.48. The summed E-state index contributed by atoms with van der Waals surface area (Å²) in [5.74, 6) is 0.865. The molecular weight excluding hydrogens is 276 g/mol. The number of rotatable bonds is 1. The van der Waals surface area contributed by atoms with E-state index in [4.69, 9.17) is 5.73 Å². The molecule has 0 unspecified atom stereocenters. The van der Waals surface area contributed by atoms with Crippen LogP contribution in [-0.2, 0) is 13.0 Å². The molecule has 4 rings (SSSR count). The van der Waals surface area contributed by atoms with E-state index in [0.29, 0.717) is 12.4 Å². The normalized spacial score (nSPS) is 14.1. The van der Waals surface area contributed by atoms with Crippen LogP contribution in [0.5, 0.6) is 5.75 Å². The fourth-order valence-electron chi connectivity index (χ4n) is 3.11. The van der Waals surface area contributed by atoms with Crippen molar-refractivity contribution in [3.8, 4) is 5.75 Å². The number of aromatic hydroxyl groups is 1. The summed E-state index contributed by atoms with van der Waals surface area (Å²) in [6.45, 7) is 1.57. The van der Waals surface area contributed by atoms with Gasteiger partial charge in [-0.2, -0.15) is 0 Å². The lowest BCUT2D eigenvalue weighted by Gasteiger charge is -2.31. The second-order valence-electron chi connectivity index (χ2n) is 5.54. The minimum atomic E-state index is 0.281. The Morgan fingerprint density at radius 2 is 2.05 bits per heavy atom. The number of nitrogen functional groups attached to an aromatic ring is 1. The van der Waals surface area contributed by atoms with Gasteiger partial charge < -0.3 is 15.7 Å². The molecule has 3 N–H and O–H groups in total. The lowest BCUT2D eigenvalue weighted by atomic mass is 10.0. The zero-order valence-corrected chi connectivity index (χ0v) is 12.0. The van der Waals surface area contributed by atoms with E-state index < -0.39 is 0 Å². The van der Waals surface area contributed by atoms with Gasteiger partial charge in [0.1, 0.15) is 17.9 Å². The zero-order chi connectivity index (χ0) is 15.1. The lowest BCUT2D eigenvalue weighted by Crippen LogP contribution is -2.32. The van der Waals surface area contributed by atoms with Gasteiger partial charge in [0.25, 0.3) is 0 Å². The molecule has 0 spiro atoms. The third-order valence-electron chi connectivity index (χ3n) is 4.22. The SMILES string of the molecule is Nc1ncnc2c1CCN(c1cccc3ccc(O)cc13)C2. The van der Waals surface area contributed by atoms with Crippen LogP contribution >= 0.6 is 0 Å². The van der Waals surface area contributed by atoms with E-state index in [2.05, 4.69) is 27.0 Å². The van der Waals surface area contributed by atoms with Crippen LogP contribution in [0.4, 0.5) is 11.5 Å². The quantitative estimate of drug-likeness (QED) is 0.720. The fraction of sp³-hybridized carbons (Fsp3) is 0.176. The minimum absolute atomic E-state index is 0.281. The van der Waals surface area contributed by atoms with E-state index in [1.54, 1.807) is 6.07 Å². The molecule has 0 atom stereocenters. The van der Waals surface area contributed by atoms with Gasteiger partial charge in [0.2, 0.25) is 0 Å². The molecule has 110 valence electrons. The number of hydrogen-bond acceptors (Lipinski definition) is 5. The molecule has 0 fully saturated rings. The maximum atomic E-state index is 9.79. The number of fused-ring (bicyclic) bond motifs is 2. The maximum absolute atomic E-state index is 9.79. The van der Waals surface area contributed by atoms with E-state index in [1.807, 2.05) is 18.2 Å². The van der Waals surface area contributed by atoms with Gasteiger partial charge in [-0.05, 0) is 30.0 Å². The first-order valence-electron chi connectivity index (χ1n) is 7.27. The molecule has 0 amide bonds. The highest BCUT2D eigenvalue weighted by Gasteiger charge is 2.21. The highest BCUT2D eigenvalue weighted by atomic mass is 16.3. The van der Waals surface area contributed by atoms with Crippen LogP contribution in [0.3, 0.4) is 0 Å². The van der Waals surface area contributed by atoms with Crippen LogP contribution in [0.15, 0.2) is 42.7 Å². The van der Waals surface area contributed by atoms with Gasteiger partial charge in [0, 0.05) is 23.2 Å². The van der Waals surface area contributed by atoms with Crippen LogP contribution in [-0.4, -0.2) is 21.6 Å². The monoisotopic (exact) mass is 292 g/mol. The van der Waals surface area contributed by atoms with Gasteiger partial charge in [-0.3, -0.25) is 0 Å². The summed E-state index contributed by atoms with van der Waals surface area (Å²) in [6, 6.07) is 11.6. The Morgan fingerprint density at radius 3 is 2.95 bits per heavy atom. The third-order valence-corrected chi connectivity index (χ3v) is 4.22. The summed E-state index contributed by atoms with van der Waals surface area (Å²) < 4.78 is 0. The Bertz CT molecular complexity index is 862. The number of nitrogens with zero attached hydrogens (tertiary/aromatic N) is 3. The molecule has 0 bridgehead atoms. The van der Waals surface area contributed by atoms with Gasteiger partial charge in [0.05, 0.1) is 12.2 Å². The summed E-state index contributed by atoms with van der Waals surface area (Å²) in [4.78, 5) is 10.7. The van der Waals surface area contributed by atoms with Crippen LogP contribution in [0.1, 0.15) is 11.3 Å². The first-order chi connectivity index (χ1) is 10.7. The molecule has 0 aliphatic carbocycles. The van der Waals surface area contributed by atoms with Gasteiger partial charge >= 0.3 is 0 Å². The molecule has 1 aliphatic heterocycles. The van der Waals surface area contributed by atoms with Crippen LogP contribution in [0.2, 0.25) is 0 Å². The van der Waals surface area contributed by atoms with Crippen LogP contribution in [0, 0.1) is 0 Å². The molecule has 2 heterocycles. The van der Waals surface area contributed by atoms with Crippen LogP contribution in [0.25, 0.3) is 10.8 Å². The van der Waals surface area contributed by atoms with Crippen molar-refractivity contribution in [2.45, 2.75) is 13.0 Å². The highest BCUT2D eigenvalue weighted by Crippen LogP contribution is 2.32. The lowest BCUT2D eigenvalue weighted by molar-refractivity contribution is 0.476. The van der Waals surface area contributed by atoms with Crippen molar-refractivity contribution in [2.75, 3.05) is 17.2 Å². The molecule has 5 heteroatoms. The average Bonchev–Trinajstić information content (AvgIpc) is 2.54. The maximum Gasteiger partial charge on any atom is 0.130 e. The van der Waals surface area contributed by atoms with E-state index in [9.17, 15) is 5.11 Å². The van der Waals surface area contributed by atoms with E-state index in [0.717, 1.165) is 40.7 Å². The Morgan fingerprint density at radius 1 is 1.14 bits per heavy atom. The molecule has 22 heavy (non-hydrogen) atoms.